The van der Waals surface area contributed by atoms with Crippen LogP contribution in [0.5, 0.6) is 0 Å². The number of rotatable bonds is 3. The number of likely N-dealkylation sites (tertiary alicyclic amines) is 1. The van der Waals surface area contributed by atoms with Crippen molar-refractivity contribution in [3.8, 4) is 0 Å². The summed E-state index contributed by atoms with van der Waals surface area (Å²) in [5.74, 6) is 0.164. The zero-order valence-electron chi connectivity index (χ0n) is 13.2. The van der Waals surface area contributed by atoms with Gasteiger partial charge in [-0.1, -0.05) is 12.8 Å². The molecule has 2 aliphatic heterocycles. The maximum absolute atomic E-state index is 12.4. The van der Waals surface area contributed by atoms with Crippen molar-refractivity contribution in [1.29, 1.82) is 0 Å². The first-order chi connectivity index (χ1) is 10.1. The van der Waals surface area contributed by atoms with Crippen molar-refractivity contribution >= 4 is 11.8 Å². The van der Waals surface area contributed by atoms with Crippen molar-refractivity contribution in [1.82, 2.24) is 14.7 Å². The van der Waals surface area contributed by atoms with Crippen LogP contribution in [-0.4, -0.2) is 86.0 Å². The standard InChI is InChI=1S/C15H27N3O3/c1-16(2)15(20)13-11-17(9-10-21-13)12-14(19)18-7-5-3-4-6-8-18/h13H,3-12H2,1-2H3/t13-/m0/s1. The third kappa shape index (κ3) is 4.68. The van der Waals surface area contributed by atoms with Crippen molar-refractivity contribution < 1.29 is 14.3 Å². The van der Waals surface area contributed by atoms with Gasteiger partial charge in [0.2, 0.25) is 5.91 Å². The Balaban J connectivity index is 1.84. The summed E-state index contributed by atoms with van der Waals surface area (Å²) in [6.45, 7) is 3.90. The summed E-state index contributed by atoms with van der Waals surface area (Å²) in [7, 11) is 3.46. The number of morpholine rings is 1. The second-order valence-corrected chi connectivity index (χ2v) is 6.12. The molecule has 6 nitrogen and oxygen atoms in total. The summed E-state index contributed by atoms with van der Waals surface area (Å²) in [5.41, 5.74) is 0. The maximum Gasteiger partial charge on any atom is 0.252 e. The highest BCUT2D eigenvalue weighted by molar-refractivity contribution is 5.81. The Morgan fingerprint density at radius 2 is 1.76 bits per heavy atom. The summed E-state index contributed by atoms with van der Waals surface area (Å²) < 4.78 is 5.52. The first-order valence-electron chi connectivity index (χ1n) is 7.91. The van der Waals surface area contributed by atoms with Crippen molar-refractivity contribution in [2.45, 2.75) is 31.8 Å². The van der Waals surface area contributed by atoms with Gasteiger partial charge in [0.05, 0.1) is 13.2 Å². The lowest BCUT2D eigenvalue weighted by Gasteiger charge is -2.34. The number of carbonyl (C=O) groups excluding carboxylic acids is 2. The lowest BCUT2D eigenvalue weighted by Crippen LogP contribution is -2.52. The number of carbonyl (C=O) groups is 2. The van der Waals surface area contributed by atoms with Gasteiger partial charge < -0.3 is 14.5 Å². The second-order valence-electron chi connectivity index (χ2n) is 6.12. The van der Waals surface area contributed by atoms with E-state index in [1.165, 1.54) is 12.8 Å². The van der Waals surface area contributed by atoms with Gasteiger partial charge >= 0.3 is 0 Å². The van der Waals surface area contributed by atoms with Crippen molar-refractivity contribution in [2.75, 3.05) is 53.4 Å². The molecule has 0 radical (unpaired) electrons. The third-order valence-electron chi connectivity index (χ3n) is 4.18. The molecule has 2 fully saturated rings. The average Bonchev–Trinajstić information content (AvgIpc) is 2.75. The van der Waals surface area contributed by atoms with Crippen LogP contribution in [0.15, 0.2) is 0 Å². The molecule has 2 amide bonds. The van der Waals surface area contributed by atoms with Crippen LogP contribution in [0.1, 0.15) is 25.7 Å². The van der Waals surface area contributed by atoms with Gasteiger partial charge in [-0.15, -0.1) is 0 Å². The lowest BCUT2D eigenvalue weighted by atomic mass is 10.2. The quantitative estimate of drug-likeness (QED) is 0.745. The smallest absolute Gasteiger partial charge is 0.252 e. The Labute approximate surface area is 127 Å². The van der Waals surface area contributed by atoms with E-state index in [0.29, 0.717) is 19.7 Å². The number of nitrogens with zero attached hydrogens (tertiary/aromatic N) is 3. The fourth-order valence-electron chi connectivity index (χ4n) is 2.89. The lowest BCUT2D eigenvalue weighted by molar-refractivity contribution is -0.149. The molecule has 120 valence electrons. The Morgan fingerprint density at radius 3 is 2.38 bits per heavy atom. The molecule has 0 N–H and O–H groups in total. The van der Waals surface area contributed by atoms with Gasteiger partial charge in [0, 0.05) is 40.3 Å². The van der Waals surface area contributed by atoms with E-state index in [0.717, 1.165) is 32.5 Å². The number of hydrogen-bond acceptors (Lipinski definition) is 4. The van der Waals surface area contributed by atoms with Crippen LogP contribution in [0.3, 0.4) is 0 Å². The number of hydrogen-bond donors (Lipinski definition) is 0. The van der Waals surface area contributed by atoms with E-state index in [9.17, 15) is 9.59 Å². The van der Waals surface area contributed by atoms with Gasteiger partial charge in [0.15, 0.2) is 0 Å². The minimum atomic E-state index is -0.439. The van der Waals surface area contributed by atoms with Crippen LogP contribution >= 0.6 is 0 Å². The van der Waals surface area contributed by atoms with Crippen LogP contribution in [0.4, 0.5) is 0 Å². The average molecular weight is 297 g/mol. The highest BCUT2D eigenvalue weighted by Crippen LogP contribution is 2.12. The van der Waals surface area contributed by atoms with Crippen LogP contribution in [0.25, 0.3) is 0 Å². The summed E-state index contributed by atoms with van der Waals surface area (Å²) in [6.07, 6.45) is 4.22. The molecule has 0 aromatic rings. The van der Waals surface area contributed by atoms with E-state index >= 15 is 0 Å². The predicted octanol–water partition coefficient (Wildman–Crippen LogP) is 0.178. The number of likely N-dealkylation sites (N-methyl/N-ethyl adjacent to an activating group) is 1. The van der Waals surface area contributed by atoms with Gasteiger partial charge in [-0.2, -0.15) is 0 Å². The summed E-state index contributed by atoms with van der Waals surface area (Å²) in [6, 6.07) is 0. The molecule has 0 aliphatic carbocycles. The van der Waals surface area contributed by atoms with Crippen molar-refractivity contribution in [2.24, 2.45) is 0 Å². The predicted molar refractivity (Wildman–Crippen MR) is 79.9 cm³/mol. The molecule has 1 atom stereocenters. The third-order valence-corrected chi connectivity index (χ3v) is 4.18. The zero-order chi connectivity index (χ0) is 15.2. The van der Waals surface area contributed by atoms with Crippen molar-refractivity contribution in [3.63, 3.8) is 0 Å². The molecule has 2 heterocycles. The molecule has 0 bridgehead atoms. The Bertz CT molecular complexity index is 365. The first kappa shape index (κ1) is 16.2. The summed E-state index contributed by atoms with van der Waals surface area (Å²) >= 11 is 0. The summed E-state index contributed by atoms with van der Waals surface area (Å²) in [4.78, 5) is 29.9. The van der Waals surface area contributed by atoms with E-state index in [1.807, 2.05) is 9.80 Å². The Hall–Kier alpha value is -1.14. The maximum atomic E-state index is 12.4. The molecule has 2 saturated heterocycles. The number of amides is 2. The van der Waals surface area contributed by atoms with Crippen LogP contribution in [0.2, 0.25) is 0 Å². The molecule has 0 spiro atoms. The highest BCUT2D eigenvalue weighted by Gasteiger charge is 2.29. The van der Waals surface area contributed by atoms with Gasteiger partial charge in [0.1, 0.15) is 6.10 Å². The van der Waals surface area contributed by atoms with Crippen LogP contribution in [0, 0.1) is 0 Å². The zero-order valence-corrected chi connectivity index (χ0v) is 13.2. The summed E-state index contributed by atoms with van der Waals surface area (Å²) in [5, 5.41) is 0. The van der Waals surface area contributed by atoms with E-state index in [1.54, 1.807) is 19.0 Å². The molecule has 6 heteroatoms. The number of ether oxygens (including phenoxy) is 1. The minimum absolute atomic E-state index is 0.0260. The highest BCUT2D eigenvalue weighted by atomic mass is 16.5. The largest absolute Gasteiger partial charge is 0.366 e. The molecule has 2 rings (SSSR count). The molecule has 2 aliphatic rings. The normalized spacial score (nSPS) is 24.5. The Kier molecular flexibility index (Phi) is 5.99. The molecule has 21 heavy (non-hydrogen) atoms. The molecule has 0 aromatic heterocycles. The van der Waals surface area contributed by atoms with E-state index in [2.05, 4.69) is 0 Å². The van der Waals surface area contributed by atoms with Gasteiger partial charge in [-0.25, -0.2) is 0 Å². The fraction of sp³-hybridized carbons (Fsp3) is 0.867. The van der Waals surface area contributed by atoms with Gasteiger partial charge in [-0.3, -0.25) is 14.5 Å². The fourth-order valence-corrected chi connectivity index (χ4v) is 2.89. The monoisotopic (exact) mass is 297 g/mol. The SMILES string of the molecule is CN(C)C(=O)[C@@H]1CN(CC(=O)N2CCCCCC2)CCO1. The van der Waals surface area contributed by atoms with Crippen molar-refractivity contribution in [3.05, 3.63) is 0 Å². The van der Waals surface area contributed by atoms with E-state index in [4.69, 9.17) is 4.74 Å². The minimum Gasteiger partial charge on any atom is -0.366 e. The molecule has 0 unspecified atom stereocenters. The second kappa shape index (κ2) is 7.75. The molecule has 0 aromatic carbocycles. The molecular weight excluding hydrogens is 270 g/mol. The van der Waals surface area contributed by atoms with E-state index < -0.39 is 6.10 Å². The first-order valence-corrected chi connectivity index (χ1v) is 7.91. The topological polar surface area (TPSA) is 53.1 Å². The molecule has 0 saturated carbocycles. The van der Waals surface area contributed by atoms with Gasteiger partial charge in [-0.05, 0) is 12.8 Å². The Morgan fingerprint density at radius 1 is 1.10 bits per heavy atom. The van der Waals surface area contributed by atoms with Gasteiger partial charge in [0.25, 0.3) is 5.91 Å². The molecular formula is C15H27N3O3. The van der Waals surface area contributed by atoms with Crippen LogP contribution in [-0.2, 0) is 14.3 Å². The van der Waals surface area contributed by atoms with Crippen LogP contribution < -0.4 is 0 Å². The van der Waals surface area contributed by atoms with E-state index in [-0.39, 0.29) is 11.8 Å².